The molecule has 0 unspecified atom stereocenters. The second kappa shape index (κ2) is 11.8. The van der Waals surface area contributed by atoms with E-state index >= 15 is 0 Å². The molecule has 1 atom stereocenters. The molecule has 0 amide bonds. The van der Waals surface area contributed by atoms with Crippen molar-refractivity contribution < 1.29 is 23.9 Å². The van der Waals surface area contributed by atoms with E-state index in [0.29, 0.717) is 30.0 Å². The van der Waals surface area contributed by atoms with Crippen molar-refractivity contribution in [2.24, 2.45) is 0 Å². The Hall–Kier alpha value is -4.08. The monoisotopic (exact) mass is 553 g/mol. The summed E-state index contributed by atoms with van der Waals surface area (Å²) in [5.74, 6) is 0.852. The number of aromatic nitrogens is 3. The maximum absolute atomic E-state index is 14.2. The molecule has 1 saturated heterocycles. The Bertz CT molecular complexity index is 1650. The Kier molecular flexibility index (Phi) is 7.81. The van der Waals surface area contributed by atoms with Gasteiger partial charge in [0.1, 0.15) is 18.2 Å². The summed E-state index contributed by atoms with van der Waals surface area (Å²) in [7, 11) is -1.54. The van der Waals surface area contributed by atoms with Gasteiger partial charge in [0.25, 0.3) is 0 Å². The lowest BCUT2D eigenvalue weighted by Gasteiger charge is -2.29. The molecule has 4 aromatic rings. The van der Waals surface area contributed by atoms with E-state index < -0.39 is 12.9 Å². The lowest BCUT2D eigenvalue weighted by Crippen LogP contribution is -2.34. The maximum atomic E-state index is 14.2. The fourth-order valence-corrected chi connectivity index (χ4v) is 5.15. The van der Waals surface area contributed by atoms with Crippen molar-refractivity contribution in [2.45, 2.75) is 38.6 Å². The second-order valence-electron chi connectivity index (χ2n) is 10.3. The third-order valence-electron chi connectivity index (χ3n) is 7.60. The molecule has 6 rings (SSSR count). The number of ether oxygens (including phenoxy) is 2. The van der Waals surface area contributed by atoms with Crippen molar-refractivity contribution in [2.75, 3.05) is 19.7 Å². The van der Waals surface area contributed by atoms with E-state index in [2.05, 4.69) is 20.5 Å². The van der Waals surface area contributed by atoms with Crippen LogP contribution in [0.2, 0.25) is 0 Å². The van der Waals surface area contributed by atoms with Gasteiger partial charge in [-0.25, -0.2) is 14.4 Å². The average molecular weight is 553 g/mol. The predicted molar refractivity (Wildman–Crippen MR) is 151 cm³/mol. The largest absolute Gasteiger partial charge is 0.488 e. The van der Waals surface area contributed by atoms with Gasteiger partial charge in [-0.1, -0.05) is 24.3 Å². The van der Waals surface area contributed by atoms with Gasteiger partial charge in [0.05, 0.1) is 47.6 Å². The maximum Gasteiger partial charge on any atom is 0.488 e. The first-order chi connectivity index (χ1) is 20.0. The number of rotatable bonds is 9. The first-order valence-electron chi connectivity index (χ1n) is 13.6. The minimum absolute atomic E-state index is 0.0203. The molecule has 41 heavy (non-hydrogen) atoms. The van der Waals surface area contributed by atoms with Gasteiger partial charge in [-0.2, -0.15) is 5.26 Å². The molecule has 2 aliphatic rings. The van der Waals surface area contributed by atoms with Crippen LogP contribution in [-0.4, -0.2) is 62.4 Å². The van der Waals surface area contributed by atoms with Gasteiger partial charge >= 0.3 is 7.12 Å². The van der Waals surface area contributed by atoms with E-state index in [1.807, 2.05) is 24.3 Å². The molecule has 2 N–H and O–H groups in total. The third-order valence-corrected chi connectivity index (χ3v) is 7.60. The molecule has 0 spiro atoms. The van der Waals surface area contributed by atoms with Crippen LogP contribution in [0.1, 0.15) is 35.5 Å². The van der Waals surface area contributed by atoms with E-state index in [0.717, 1.165) is 60.7 Å². The molecule has 4 heterocycles. The number of fused-ring (bicyclic) bond motifs is 1. The van der Waals surface area contributed by atoms with Crippen molar-refractivity contribution in [3.05, 3.63) is 89.1 Å². The van der Waals surface area contributed by atoms with Gasteiger partial charge in [-0.3, -0.25) is 4.90 Å². The predicted octanol–water partition coefficient (Wildman–Crippen LogP) is 2.78. The number of hydrogen-bond acceptors (Lipinski definition) is 8. The fraction of sp³-hybridized carbons (Fsp3) is 0.300. The summed E-state index contributed by atoms with van der Waals surface area (Å²) in [5, 5.41) is 28.3. The van der Waals surface area contributed by atoms with Crippen LogP contribution in [0.3, 0.4) is 0 Å². The molecule has 2 aliphatic heterocycles. The van der Waals surface area contributed by atoms with Gasteiger partial charge < -0.3 is 24.1 Å². The second-order valence-corrected chi connectivity index (χ2v) is 10.3. The highest BCUT2D eigenvalue weighted by molar-refractivity contribution is 6.58. The first kappa shape index (κ1) is 27.1. The van der Waals surface area contributed by atoms with Crippen LogP contribution in [0.15, 0.2) is 60.7 Å². The Balaban J connectivity index is 1.14. The quantitative estimate of drug-likeness (QED) is 0.304. The average Bonchev–Trinajstić information content (AvgIpc) is 3.30. The van der Waals surface area contributed by atoms with E-state index in [9.17, 15) is 14.4 Å². The zero-order valence-electron chi connectivity index (χ0n) is 22.4. The zero-order chi connectivity index (χ0) is 28.3. The van der Waals surface area contributed by atoms with Gasteiger partial charge in [0, 0.05) is 31.3 Å². The first-order valence-corrected chi connectivity index (χ1v) is 13.6. The number of nitrogens with zero attached hydrogens (tertiary/aromatic N) is 5. The van der Waals surface area contributed by atoms with Crippen LogP contribution in [0.25, 0.3) is 16.6 Å². The lowest BCUT2D eigenvalue weighted by molar-refractivity contribution is -0.0591. The highest BCUT2D eigenvalue weighted by Crippen LogP contribution is 2.26. The van der Waals surface area contributed by atoms with E-state index in [4.69, 9.17) is 19.7 Å². The SMILES string of the molecule is N#Cc1ccc(COc2cccc(C3=CCN(Cc4nc5ccc(B(O)O)cc5n4C[C@@H]4CCO4)CC3)n2)c(F)c1. The Morgan fingerprint density at radius 3 is 2.73 bits per heavy atom. The highest BCUT2D eigenvalue weighted by atomic mass is 19.1. The summed E-state index contributed by atoms with van der Waals surface area (Å²) in [6.45, 7) is 3.65. The van der Waals surface area contributed by atoms with Gasteiger partial charge in [0.2, 0.25) is 5.88 Å². The van der Waals surface area contributed by atoms with E-state index in [-0.39, 0.29) is 18.3 Å². The standard InChI is InChI=1S/C30H29BFN5O4/c32-25-14-20(16-33)4-5-22(25)19-41-30-3-1-2-26(35-30)21-8-11-36(12-9-21)18-29-34-27-7-6-23(31(38)39)15-28(27)37(29)17-24-10-13-40-24/h1-8,14-15,24,38-39H,9-13,17-19H2/t24-/m0/s1. The van der Waals surface area contributed by atoms with E-state index in [1.54, 1.807) is 30.3 Å². The highest BCUT2D eigenvalue weighted by Gasteiger charge is 2.24. The number of halogens is 1. The van der Waals surface area contributed by atoms with Gasteiger partial charge in [-0.05, 0) is 54.2 Å². The van der Waals surface area contributed by atoms with Crippen LogP contribution in [0.4, 0.5) is 4.39 Å². The number of imidazole rings is 1. The molecule has 2 aromatic heterocycles. The smallest absolute Gasteiger partial charge is 0.473 e. The molecule has 208 valence electrons. The third kappa shape index (κ3) is 6.01. The van der Waals surface area contributed by atoms with Crippen LogP contribution < -0.4 is 10.2 Å². The molecule has 0 aliphatic carbocycles. The molecule has 0 bridgehead atoms. The molecule has 0 radical (unpaired) electrons. The molecular formula is C30H29BFN5O4. The Morgan fingerprint density at radius 2 is 2.02 bits per heavy atom. The van der Waals surface area contributed by atoms with Gasteiger partial charge in [-0.15, -0.1) is 0 Å². The molecule has 11 heteroatoms. The Morgan fingerprint density at radius 1 is 1.15 bits per heavy atom. The van der Waals surface area contributed by atoms with Gasteiger partial charge in [0.15, 0.2) is 0 Å². The summed E-state index contributed by atoms with van der Waals surface area (Å²) in [5.41, 5.74) is 4.70. The summed E-state index contributed by atoms with van der Waals surface area (Å²) < 4.78 is 27.8. The molecular weight excluding hydrogens is 524 g/mol. The minimum Gasteiger partial charge on any atom is -0.473 e. The van der Waals surface area contributed by atoms with Crippen molar-refractivity contribution in [1.82, 2.24) is 19.4 Å². The normalized spacial score (nSPS) is 17.1. The van der Waals surface area contributed by atoms with Crippen molar-refractivity contribution in [3.63, 3.8) is 0 Å². The van der Waals surface area contributed by atoms with Crippen molar-refractivity contribution >= 4 is 29.2 Å². The number of nitriles is 1. The summed E-state index contributed by atoms with van der Waals surface area (Å²) in [6, 6.07) is 17.1. The van der Waals surface area contributed by atoms with Crippen LogP contribution in [0.5, 0.6) is 5.88 Å². The molecule has 9 nitrogen and oxygen atoms in total. The minimum atomic E-state index is -1.54. The topological polar surface area (TPSA) is 117 Å². The van der Waals surface area contributed by atoms with E-state index in [1.165, 1.54) is 6.07 Å². The number of benzene rings is 2. The van der Waals surface area contributed by atoms with Crippen LogP contribution in [0, 0.1) is 17.1 Å². The summed E-state index contributed by atoms with van der Waals surface area (Å²) in [6.07, 6.45) is 4.09. The number of hydrogen-bond donors (Lipinski definition) is 2. The summed E-state index contributed by atoms with van der Waals surface area (Å²) in [4.78, 5) is 11.8. The Labute approximate surface area is 237 Å². The molecule has 1 fully saturated rings. The zero-order valence-corrected chi connectivity index (χ0v) is 22.4. The van der Waals surface area contributed by atoms with Crippen LogP contribution in [-0.2, 0) is 24.4 Å². The summed E-state index contributed by atoms with van der Waals surface area (Å²) >= 11 is 0. The van der Waals surface area contributed by atoms with Crippen molar-refractivity contribution in [3.8, 4) is 11.9 Å². The fourth-order valence-electron chi connectivity index (χ4n) is 5.15. The molecule has 2 aromatic carbocycles. The van der Waals surface area contributed by atoms with Crippen molar-refractivity contribution in [1.29, 1.82) is 5.26 Å². The van der Waals surface area contributed by atoms with Crippen LogP contribution >= 0.6 is 0 Å². The molecule has 0 saturated carbocycles. The lowest BCUT2D eigenvalue weighted by atomic mass is 9.80. The number of pyridine rings is 1.